The number of hydrogen-bond donors (Lipinski definition) is 2. The minimum Gasteiger partial charge on any atom is -0.497 e. The van der Waals surface area contributed by atoms with Crippen LogP contribution >= 0.6 is 0 Å². The number of ether oxygens (including phenoxy) is 1. The van der Waals surface area contributed by atoms with Crippen LogP contribution in [0.25, 0.3) is 0 Å². The average Bonchev–Trinajstić information content (AvgIpc) is 3.31. The predicted molar refractivity (Wildman–Crippen MR) is 110 cm³/mol. The Morgan fingerprint density at radius 2 is 1.89 bits per heavy atom. The summed E-state index contributed by atoms with van der Waals surface area (Å²) in [5, 5.41) is 5.83. The molecule has 146 valence electrons. The summed E-state index contributed by atoms with van der Waals surface area (Å²) in [4.78, 5) is 25.4. The number of carbonyl (C=O) groups is 2. The first-order chi connectivity index (χ1) is 13.6. The number of carbonyl (C=O) groups excluding carboxylic acids is 2. The molecule has 0 radical (unpaired) electrons. The van der Waals surface area contributed by atoms with Gasteiger partial charge in [0.15, 0.2) is 0 Å². The fourth-order valence-corrected chi connectivity index (χ4v) is 4.76. The Morgan fingerprint density at radius 3 is 2.64 bits per heavy atom. The number of methoxy groups -OCH3 is 1. The first-order valence-corrected chi connectivity index (χ1v) is 9.96. The number of amides is 2. The summed E-state index contributed by atoms with van der Waals surface area (Å²) in [6.45, 7) is 0. The van der Waals surface area contributed by atoms with Crippen LogP contribution in [0.4, 0.5) is 11.4 Å². The molecule has 0 aromatic heterocycles. The summed E-state index contributed by atoms with van der Waals surface area (Å²) in [5.41, 5.74) is 1.65. The van der Waals surface area contributed by atoms with E-state index < -0.39 is 0 Å². The van der Waals surface area contributed by atoms with Crippen LogP contribution in [0.15, 0.2) is 48.5 Å². The number of nitrogens with one attached hydrogen (secondary N) is 2. The van der Waals surface area contributed by atoms with Gasteiger partial charge in [-0.05, 0) is 61.3 Å². The smallest absolute Gasteiger partial charge is 0.257 e. The normalized spacial score (nSPS) is 22.7. The number of fused-ring (bicyclic) bond motifs is 2. The van der Waals surface area contributed by atoms with E-state index in [4.69, 9.17) is 4.74 Å². The van der Waals surface area contributed by atoms with Crippen molar-refractivity contribution in [3.63, 3.8) is 0 Å². The Bertz CT molecular complexity index is 880. The molecule has 2 aliphatic rings. The van der Waals surface area contributed by atoms with Crippen molar-refractivity contribution in [2.24, 2.45) is 17.8 Å². The molecule has 0 saturated heterocycles. The Labute approximate surface area is 165 Å². The SMILES string of the molecule is COc1cccc(NC(=O)c2ccccc2NC(=O)C[C@@H]2C[C@H]3CC[C@@H]2C3)c1. The standard InChI is InChI=1S/C23H26N2O3/c1-28-19-6-4-5-18(14-19)24-23(27)20-7-2-3-8-21(20)25-22(26)13-17-12-15-9-10-16(17)11-15/h2-8,14-17H,9-13H2,1H3,(H,24,27)(H,25,26)/t15-,16+,17-/m0/s1. The zero-order valence-electron chi connectivity index (χ0n) is 16.1. The topological polar surface area (TPSA) is 67.4 Å². The molecule has 5 heteroatoms. The second-order valence-corrected chi connectivity index (χ2v) is 7.92. The van der Waals surface area contributed by atoms with Crippen LogP contribution < -0.4 is 15.4 Å². The fourth-order valence-electron chi connectivity index (χ4n) is 4.76. The monoisotopic (exact) mass is 378 g/mol. The van der Waals surface area contributed by atoms with Crippen LogP contribution in [-0.2, 0) is 4.79 Å². The maximum atomic E-state index is 12.8. The lowest BCUT2D eigenvalue weighted by Crippen LogP contribution is -2.22. The number of para-hydroxylation sites is 1. The maximum absolute atomic E-state index is 12.8. The predicted octanol–water partition coefficient (Wildman–Crippen LogP) is 4.71. The third kappa shape index (κ3) is 4.03. The van der Waals surface area contributed by atoms with Gasteiger partial charge in [0.05, 0.1) is 18.4 Å². The summed E-state index contributed by atoms with van der Waals surface area (Å²) in [5.74, 6) is 2.44. The second-order valence-electron chi connectivity index (χ2n) is 7.92. The number of hydrogen-bond acceptors (Lipinski definition) is 3. The van der Waals surface area contributed by atoms with Gasteiger partial charge < -0.3 is 15.4 Å². The number of rotatable bonds is 6. The molecule has 2 aliphatic carbocycles. The summed E-state index contributed by atoms with van der Waals surface area (Å²) in [7, 11) is 1.59. The Balaban J connectivity index is 1.42. The van der Waals surface area contributed by atoms with E-state index in [2.05, 4.69) is 10.6 Å². The van der Waals surface area contributed by atoms with Gasteiger partial charge in [0.25, 0.3) is 5.91 Å². The van der Waals surface area contributed by atoms with Crippen LogP contribution in [0.3, 0.4) is 0 Å². The highest BCUT2D eigenvalue weighted by molar-refractivity contribution is 6.10. The third-order valence-corrected chi connectivity index (χ3v) is 6.11. The van der Waals surface area contributed by atoms with Gasteiger partial charge >= 0.3 is 0 Å². The quantitative estimate of drug-likeness (QED) is 0.765. The van der Waals surface area contributed by atoms with E-state index in [1.807, 2.05) is 18.2 Å². The van der Waals surface area contributed by atoms with E-state index in [9.17, 15) is 9.59 Å². The lowest BCUT2D eigenvalue weighted by atomic mass is 9.86. The first kappa shape index (κ1) is 18.5. The van der Waals surface area contributed by atoms with Crippen molar-refractivity contribution in [3.05, 3.63) is 54.1 Å². The van der Waals surface area contributed by atoms with E-state index in [0.29, 0.717) is 40.9 Å². The molecule has 2 amide bonds. The molecule has 28 heavy (non-hydrogen) atoms. The van der Waals surface area contributed by atoms with Crippen molar-refractivity contribution >= 4 is 23.2 Å². The van der Waals surface area contributed by atoms with Gasteiger partial charge in [-0.2, -0.15) is 0 Å². The highest BCUT2D eigenvalue weighted by atomic mass is 16.5. The van der Waals surface area contributed by atoms with Crippen molar-refractivity contribution in [3.8, 4) is 5.75 Å². The molecule has 3 atom stereocenters. The van der Waals surface area contributed by atoms with E-state index >= 15 is 0 Å². The minimum atomic E-state index is -0.260. The molecule has 0 spiro atoms. The fraction of sp³-hybridized carbons (Fsp3) is 0.391. The lowest BCUT2D eigenvalue weighted by molar-refractivity contribution is -0.117. The van der Waals surface area contributed by atoms with Gasteiger partial charge in [0.1, 0.15) is 5.75 Å². The van der Waals surface area contributed by atoms with Crippen molar-refractivity contribution < 1.29 is 14.3 Å². The highest BCUT2D eigenvalue weighted by Crippen LogP contribution is 2.49. The molecular weight excluding hydrogens is 352 g/mol. The van der Waals surface area contributed by atoms with Crippen molar-refractivity contribution in [1.82, 2.24) is 0 Å². The van der Waals surface area contributed by atoms with Gasteiger partial charge in [-0.15, -0.1) is 0 Å². The molecular formula is C23H26N2O3. The van der Waals surface area contributed by atoms with E-state index in [1.165, 1.54) is 25.7 Å². The Kier molecular flexibility index (Phi) is 5.33. The molecule has 2 saturated carbocycles. The zero-order valence-corrected chi connectivity index (χ0v) is 16.1. The molecule has 5 nitrogen and oxygen atoms in total. The molecule has 0 heterocycles. The van der Waals surface area contributed by atoms with Crippen molar-refractivity contribution in [1.29, 1.82) is 0 Å². The molecule has 2 bridgehead atoms. The van der Waals surface area contributed by atoms with Gasteiger partial charge in [-0.3, -0.25) is 9.59 Å². The molecule has 0 aliphatic heterocycles. The summed E-state index contributed by atoms with van der Waals surface area (Å²) >= 11 is 0. The molecule has 2 fully saturated rings. The summed E-state index contributed by atoms with van der Waals surface area (Å²) < 4.78 is 5.19. The average molecular weight is 378 g/mol. The van der Waals surface area contributed by atoms with Crippen molar-refractivity contribution in [2.75, 3.05) is 17.7 Å². The largest absolute Gasteiger partial charge is 0.497 e. The minimum absolute atomic E-state index is 0.000759. The van der Waals surface area contributed by atoms with E-state index in [1.54, 1.807) is 37.4 Å². The molecule has 4 rings (SSSR count). The van der Waals surface area contributed by atoms with Crippen LogP contribution in [0.2, 0.25) is 0 Å². The third-order valence-electron chi connectivity index (χ3n) is 6.11. The molecule has 2 aromatic rings. The van der Waals surface area contributed by atoms with E-state index in [-0.39, 0.29) is 11.8 Å². The summed E-state index contributed by atoms with van der Waals surface area (Å²) in [6, 6.07) is 14.3. The van der Waals surface area contributed by atoms with Gasteiger partial charge in [-0.1, -0.05) is 24.6 Å². The Morgan fingerprint density at radius 1 is 1.04 bits per heavy atom. The molecule has 2 N–H and O–H groups in total. The van der Waals surface area contributed by atoms with Crippen LogP contribution in [0, 0.1) is 17.8 Å². The molecule has 2 aromatic carbocycles. The number of anilines is 2. The highest BCUT2D eigenvalue weighted by Gasteiger charge is 2.40. The maximum Gasteiger partial charge on any atom is 0.257 e. The van der Waals surface area contributed by atoms with Gasteiger partial charge in [0.2, 0.25) is 5.91 Å². The first-order valence-electron chi connectivity index (χ1n) is 9.96. The second kappa shape index (κ2) is 8.05. The van der Waals surface area contributed by atoms with Crippen LogP contribution in [-0.4, -0.2) is 18.9 Å². The van der Waals surface area contributed by atoms with Gasteiger partial charge in [0, 0.05) is 18.2 Å². The number of benzene rings is 2. The van der Waals surface area contributed by atoms with Crippen LogP contribution in [0.1, 0.15) is 42.5 Å². The Hall–Kier alpha value is -2.82. The van der Waals surface area contributed by atoms with Gasteiger partial charge in [-0.25, -0.2) is 0 Å². The van der Waals surface area contributed by atoms with E-state index in [0.717, 1.165) is 5.92 Å². The van der Waals surface area contributed by atoms with Crippen molar-refractivity contribution in [2.45, 2.75) is 32.1 Å². The zero-order chi connectivity index (χ0) is 19.5. The summed E-state index contributed by atoms with van der Waals surface area (Å²) in [6.07, 6.45) is 5.61. The molecule has 0 unspecified atom stereocenters. The lowest BCUT2D eigenvalue weighted by Gasteiger charge is -2.21. The van der Waals surface area contributed by atoms with Crippen LogP contribution in [0.5, 0.6) is 5.75 Å².